The quantitative estimate of drug-likeness (QED) is 0.903. The van der Waals surface area contributed by atoms with Crippen LogP contribution in [0, 0.1) is 5.92 Å². The van der Waals surface area contributed by atoms with Crippen LogP contribution in [-0.2, 0) is 16.1 Å². The lowest BCUT2D eigenvalue weighted by atomic mass is 10.1. The Hall–Kier alpha value is -2.34. The average Bonchev–Trinajstić information content (AvgIpc) is 3.22. The number of nitrogens with zero attached hydrogens (tertiary/aromatic N) is 3. The SMILES string of the molecule is CN(C)C(=O)Cn1cc(NC(=O)[C@H]2C[C@H]2c2ccccc2Cl)cn1. The van der Waals surface area contributed by atoms with Gasteiger partial charge in [-0.2, -0.15) is 5.10 Å². The fraction of sp³-hybridized carbons (Fsp3) is 0.353. The monoisotopic (exact) mass is 346 g/mol. The van der Waals surface area contributed by atoms with Gasteiger partial charge in [-0.1, -0.05) is 29.8 Å². The summed E-state index contributed by atoms with van der Waals surface area (Å²) in [6.07, 6.45) is 4.00. The van der Waals surface area contributed by atoms with E-state index in [2.05, 4.69) is 10.4 Å². The molecule has 0 saturated heterocycles. The van der Waals surface area contributed by atoms with Crippen LogP contribution in [0.4, 0.5) is 5.69 Å². The van der Waals surface area contributed by atoms with Crippen LogP contribution in [-0.4, -0.2) is 40.6 Å². The number of nitrogens with one attached hydrogen (secondary N) is 1. The Morgan fingerprint density at radius 3 is 2.83 bits per heavy atom. The van der Waals surface area contributed by atoms with E-state index in [4.69, 9.17) is 11.6 Å². The molecule has 1 N–H and O–H groups in total. The van der Waals surface area contributed by atoms with Crippen molar-refractivity contribution >= 4 is 29.1 Å². The molecule has 0 unspecified atom stereocenters. The van der Waals surface area contributed by atoms with E-state index in [1.54, 1.807) is 26.5 Å². The Balaban J connectivity index is 1.58. The molecule has 6 nitrogen and oxygen atoms in total. The Bertz CT molecular complexity index is 771. The predicted octanol–water partition coefficient (Wildman–Crippen LogP) is 2.37. The van der Waals surface area contributed by atoms with Crippen LogP contribution in [0.25, 0.3) is 0 Å². The normalized spacial score (nSPS) is 19.0. The summed E-state index contributed by atoms with van der Waals surface area (Å²) in [5, 5.41) is 7.65. The van der Waals surface area contributed by atoms with Crippen molar-refractivity contribution in [3.63, 3.8) is 0 Å². The summed E-state index contributed by atoms with van der Waals surface area (Å²) in [6, 6.07) is 7.62. The Labute approximate surface area is 145 Å². The van der Waals surface area contributed by atoms with Crippen molar-refractivity contribution in [2.24, 2.45) is 5.92 Å². The van der Waals surface area contributed by atoms with Crippen LogP contribution in [0.2, 0.25) is 5.02 Å². The molecule has 2 amide bonds. The number of hydrogen-bond acceptors (Lipinski definition) is 3. The number of carbonyl (C=O) groups excluding carboxylic acids is 2. The lowest BCUT2D eigenvalue weighted by Crippen LogP contribution is -2.26. The van der Waals surface area contributed by atoms with Crippen LogP contribution in [0.5, 0.6) is 0 Å². The molecule has 1 fully saturated rings. The average molecular weight is 347 g/mol. The predicted molar refractivity (Wildman–Crippen MR) is 91.9 cm³/mol. The third-order valence-corrected chi connectivity index (χ3v) is 4.47. The van der Waals surface area contributed by atoms with Gasteiger partial charge in [-0.05, 0) is 24.0 Å². The lowest BCUT2D eigenvalue weighted by Gasteiger charge is -2.09. The van der Waals surface area contributed by atoms with E-state index in [1.807, 2.05) is 24.3 Å². The van der Waals surface area contributed by atoms with Gasteiger partial charge in [-0.25, -0.2) is 0 Å². The molecule has 1 aliphatic rings. The molecule has 24 heavy (non-hydrogen) atoms. The third kappa shape index (κ3) is 3.59. The van der Waals surface area contributed by atoms with Gasteiger partial charge < -0.3 is 10.2 Å². The van der Waals surface area contributed by atoms with E-state index in [1.165, 1.54) is 9.58 Å². The van der Waals surface area contributed by atoms with Gasteiger partial charge in [0.05, 0.1) is 11.9 Å². The van der Waals surface area contributed by atoms with Crippen molar-refractivity contribution in [3.05, 3.63) is 47.2 Å². The van der Waals surface area contributed by atoms with E-state index < -0.39 is 0 Å². The highest BCUT2D eigenvalue weighted by atomic mass is 35.5. The van der Waals surface area contributed by atoms with Crippen molar-refractivity contribution in [1.82, 2.24) is 14.7 Å². The van der Waals surface area contributed by atoms with Gasteiger partial charge in [0.2, 0.25) is 11.8 Å². The highest BCUT2D eigenvalue weighted by Crippen LogP contribution is 2.49. The zero-order valence-electron chi connectivity index (χ0n) is 13.6. The van der Waals surface area contributed by atoms with Crippen LogP contribution in [0.1, 0.15) is 17.9 Å². The molecule has 1 saturated carbocycles. The van der Waals surface area contributed by atoms with Gasteiger partial charge in [-0.15, -0.1) is 0 Å². The molecule has 1 aliphatic carbocycles. The first kappa shape index (κ1) is 16.5. The fourth-order valence-corrected chi connectivity index (χ4v) is 2.91. The van der Waals surface area contributed by atoms with E-state index in [9.17, 15) is 9.59 Å². The second-order valence-corrected chi connectivity index (χ2v) is 6.58. The molecule has 0 spiro atoms. The summed E-state index contributed by atoms with van der Waals surface area (Å²) >= 11 is 6.19. The second-order valence-electron chi connectivity index (χ2n) is 6.17. The summed E-state index contributed by atoms with van der Waals surface area (Å²) < 4.78 is 1.51. The topological polar surface area (TPSA) is 67.2 Å². The lowest BCUT2D eigenvalue weighted by molar-refractivity contribution is -0.129. The van der Waals surface area contributed by atoms with Crippen LogP contribution in [0.3, 0.4) is 0 Å². The van der Waals surface area contributed by atoms with Crippen molar-refractivity contribution < 1.29 is 9.59 Å². The van der Waals surface area contributed by atoms with Crippen molar-refractivity contribution in [2.75, 3.05) is 19.4 Å². The Kier molecular flexibility index (Phi) is 4.57. The first-order valence-corrected chi connectivity index (χ1v) is 8.11. The molecule has 1 aromatic heterocycles. The standard InChI is InChI=1S/C17H19ClN4O2/c1-21(2)16(23)10-22-9-11(8-19-22)20-17(24)14-7-13(14)12-5-3-4-6-15(12)18/h3-6,8-9,13-14H,7,10H2,1-2H3,(H,20,24)/t13-,14-/m0/s1. The molecule has 2 aromatic rings. The number of halogens is 1. The van der Waals surface area contributed by atoms with Crippen molar-refractivity contribution in [2.45, 2.75) is 18.9 Å². The summed E-state index contributed by atoms with van der Waals surface area (Å²) in [4.78, 5) is 25.5. The number of rotatable bonds is 5. The van der Waals surface area contributed by atoms with Crippen LogP contribution in [0.15, 0.2) is 36.7 Å². The summed E-state index contributed by atoms with van der Waals surface area (Å²) in [6.45, 7) is 0.147. The largest absolute Gasteiger partial charge is 0.347 e. The maximum atomic E-state index is 12.3. The van der Waals surface area contributed by atoms with Gasteiger partial charge in [0, 0.05) is 31.2 Å². The van der Waals surface area contributed by atoms with Gasteiger partial charge in [0.15, 0.2) is 0 Å². The molecule has 3 rings (SSSR count). The molecule has 0 bridgehead atoms. The first-order chi connectivity index (χ1) is 11.5. The molecule has 126 valence electrons. The molecule has 0 radical (unpaired) electrons. The molecular weight excluding hydrogens is 328 g/mol. The van der Waals surface area contributed by atoms with Crippen LogP contribution >= 0.6 is 11.6 Å². The number of anilines is 1. The summed E-state index contributed by atoms with van der Waals surface area (Å²) in [5.41, 5.74) is 1.61. The number of carbonyl (C=O) groups is 2. The maximum absolute atomic E-state index is 12.3. The van der Waals surface area contributed by atoms with E-state index in [0.29, 0.717) is 10.7 Å². The van der Waals surface area contributed by atoms with Gasteiger partial charge in [-0.3, -0.25) is 14.3 Å². The number of likely N-dealkylation sites (N-methyl/N-ethyl adjacent to an activating group) is 1. The summed E-state index contributed by atoms with van der Waals surface area (Å²) in [7, 11) is 3.38. The smallest absolute Gasteiger partial charge is 0.243 e. The minimum absolute atomic E-state index is 0.0431. The van der Waals surface area contributed by atoms with E-state index in [0.717, 1.165) is 12.0 Å². The van der Waals surface area contributed by atoms with Gasteiger partial charge in [0.1, 0.15) is 6.54 Å². The number of amides is 2. The number of benzene rings is 1. The molecule has 2 atom stereocenters. The zero-order chi connectivity index (χ0) is 17.3. The summed E-state index contributed by atoms with van der Waals surface area (Å²) in [5.74, 6) is -0.00363. The zero-order valence-corrected chi connectivity index (χ0v) is 14.3. The van der Waals surface area contributed by atoms with Crippen molar-refractivity contribution in [3.8, 4) is 0 Å². The van der Waals surface area contributed by atoms with E-state index in [-0.39, 0.29) is 30.2 Å². The fourth-order valence-electron chi connectivity index (χ4n) is 2.63. The highest BCUT2D eigenvalue weighted by molar-refractivity contribution is 6.31. The molecule has 7 heteroatoms. The number of aromatic nitrogens is 2. The second kappa shape index (κ2) is 6.65. The minimum atomic E-state index is -0.0725. The maximum Gasteiger partial charge on any atom is 0.243 e. The Morgan fingerprint density at radius 2 is 2.12 bits per heavy atom. The molecular formula is C17H19ClN4O2. The molecule has 1 aromatic carbocycles. The van der Waals surface area contributed by atoms with Crippen molar-refractivity contribution in [1.29, 1.82) is 0 Å². The Morgan fingerprint density at radius 1 is 1.38 bits per heavy atom. The van der Waals surface area contributed by atoms with Gasteiger partial charge in [0.25, 0.3) is 0 Å². The number of hydrogen-bond donors (Lipinski definition) is 1. The highest BCUT2D eigenvalue weighted by Gasteiger charge is 2.44. The molecule has 0 aliphatic heterocycles. The van der Waals surface area contributed by atoms with E-state index >= 15 is 0 Å². The first-order valence-electron chi connectivity index (χ1n) is 7.73. The molecule has 1 heterocycles. The minimum Gasteiger partial charge on any atom is -0.347 e. The van der Waals surface area contributed by atoms with Crippen LogP contribution < -0.4 is 5.32 Å². The van der Waals surface area contributed by atoms with Gasteiger partial charge >= 0.3 is 0 Å². The third-order valence-electron chi connectivity index (χ3n) is 4.13.